The van der Waals surface area contributed by atoms with Crippen LogP contribution in [0, 0.1) is 11.3 Å². The molecule has 0 atom stereocenters. The maximum absolute atomic E-state index is 12.2. The molecule has 0 saturated carbocycles. The number of carbonyl (C=O) groups is 2. The molecule has 0 radical (unpaired) electrons. The molecule has 0 aliphatic carbocycles. The van der Waals surface area contributed by atoms with Gasteiger partial charge in [0.2, 0.25) is 0 Å². The fourth-order valence-electron chi connectivity index (χ4n) is 2.85. The number of hydrazone groups is 1. The maximum atomic E-state index is 12.2. The van der Waals surface area contributed by atoms with Gasteiger partial charge in [-0.15, -0.1) is 0 Å². The van der Waals surface area contributed by atoms with Gasteiger partial charge >= 0.3 is 0 Å². The molecule has 9 heteroatoms. The number of nitriles is 1. The van der Waals surface area contributed by atoms with Gasteiger partial charge in [-0.05, 0) is 35.7 Å². The molecule has 0 unspecified atom stereocenters. The van der Waals surface area contributed by atoms with E-state index in [-0.39, 0.29) is 35.4 Å². The Labute approximate surface area is 189 Å². The zero-order valence-electron chi connectivity index (χ0n) is 17.1. The van der Waals surface area contributed by atoms with E-state index in [1.54, 1.807) is 12.1 Å². The Morgan fingerprint density at radius 3 is 2.69 bits per heavy atom. The van der Waals surface area contributed by atoms with Crippen LogP contribution in [-0.2, 0) is 4.79 Å². The summed E-state index contributed by atoms with van der Waals surface area (Å²) < 4.78 is 5.68. The standard InChI is InChI=1S/C23H19ClN4O4/c1-28(11-10-25)22(30)14-32-21-9-7-16(17-4-2-3-5-18(17)21)13-26-27-23(31)15-6-8-20(29)19(24)12-15/h2-9,12-13,29H,11,14H2,1H3,(H,27,31)/b26-13+. The van der Waals surface area contributed by atoms with Gasteiger partial charge in [-0.3, -0.25) is 9.59 Å². The number of hydrogen-bond acceptors (Lipinski definition) is 6. The number of carbonyl (C=O) groups excluding carboxylic acids is 2. The number of phenols is 1. The van der Waals surface area contributed by atoms with E-state index >= 15 is 0 Å². The third kappa shape index (κ3) is 5.33. The highest BCUT2D eigenvalue weighted by Crippen LogP contribution is 2.28. The second kappa shape index (κ2) is 10.3. The largest absolute Gasteiger partial charge is 0.506 e. The lowest BCUT2D eigenvalue weighted by Crippen LogP contribution is -2.31. The summed E-state index contributed by atoms with van der Waals surface area (Å²) in [5, 5.41) is 23.8. The molecule has 2 N–H and O–H groups in total. The predicted octanol–water partition coefficient (Wildman–Crippen LogP) is 3.32. The topological polar surface area (TPSA) is 115 Å². The molecule has 32 heavy (non-hydrogen) atoms. The minimum absolute atomic E-state index is 0.0135. The molecule has 3 aromatic rings. The van der Waals surface area contributed by atoms with E-state index in [2.05, 4.69) is 10.5 Å². The van der Waals surface area contributed by atoms with Crippen molar-refractivity contribution in [3.63, 3.8) is 0 Å². The van der Waals surface area contributed by atoms with Crippen LogP contribution in [-0.4, -0.2) is 48.2 Å². The molecule has 0 aliphatic rings. The zero-order valence-corrected chi connectivity index (χ0v) is 17.8. The Kier molecular flexibility index (Phi) is 7.26. The van der Waals surface area contributed by atoms with Crippen molar-refractivity contribution in [1.82, 2.24) is 10.3 Å². The molecule has 2 amide bonds. The first-order valence-electron chi connectivity index (χ1n) is 9.48. The van der Waals surface area contributed by atoms with E-state index in [1.807, 2.05) is 30.3 Å². The van der Waals surface area contributed by atoms with Crippen LogP contribution >= 0.6 is 11.6 Å². The van der Waals surface area contributed by atoms with Crippen molar-refractivity contribution in [2.75, 3.05) is 20.2 Å². The van der Waals surface area contributed by atoms with Gasteiger partial charge in [-0.25, -0.2) is 5.43 Å². The number of likely N-dealkylation sites (N-methyl/N-ethyl adjacent to an activating group) is 1. The highest BCUT2D eigenvalue weighted by atomic mass is 35.5. The quantitative estimate of drug-likeness (QED) is 0.325. The highest BCUT2D eigenvalue weighted by molar-refractivity contribution is 6.32. The molecule has 162 valence electrons. The van der Waals surface area contributed by atoms with Gasteiger partial charge in [0.05, 0.1) is 17.3 Å². The van der Waals surface area contributed by atoms with Crippen LogP contribution in [0.2, 0.25) is 5.02 Å². The van der Waals surface area contributed by atoms with E-state index in [9.17, 15) is 14.7 Å². The lowest BCUT2D eigenvalue weighted by Gasteiger charge is -2.15. The normalized spacial score (nSPS) is 10.7. The summed E-state index contributed by atoms with van der Waals surface area (Å²) in [6.45, 7) is -0.207. The summed E-state index contributed by atoms with van der Waals surface area (Å²) in [4.78, 5) is 25.5. The maximum Gasteiger partial charge on any atom is 0.271 e. The molecule has 0 aromatic heterocycles. The van der Waals surface area contributed by atoms with E-state index in [0.717, 1.165) is 16.3 Å². The highest BCUT2D eigenvalue weighted by Gasteiger charge is 2.12. The number of amides is 2. The summed E-state index contributed by atoms with van der Waals surface area (Å²) >= 11 is 5.83. The Morgan fingerprint density at radius 1 is 1.22 bits per heavy atom. The second-order valence-corrected chi connectivity index (χ2v) is 7.17. The van der Waals surface area contributed by atoms with Gasteiger partial charge in [0.25, 0.3) is 11.8 Å². The number of phenolic OH excluding ortho intramolecular Hbond substituents is 1. The lowest BCUT2D eigenvalue weighted by molar-refractivity contribution is -0.131. The second-order valence-electron chi connectivity index (χ2n) is 6.76. The van der Waals surface area contributed by atoms with Crippen LogP contribution in [0.25, 0.3) is 10.8 Å². The number of nitrogens with one attached hydrogen (secondary N) is 1. The van der Waals surface area contributed by atoms with Gasteiger partial charge in [-0.2, -0.15) is 10.4 Å². The third-order valence-electron chi connectivity index (χ3n) is 4.58. The average Bonchev–Trinajstić information content (AvgIpc) is 2.80. The van der Waals surface area contributed by atoms with E-state index < -0.39 is 5.91 Å². The van der Waals surface area contributed by atoms with E-state index in [0.29, 0.717) is 5.75 Å². The first-order chi connectivity index (χ1) is 15.4. The molecule has 0 heterocycles. The predicted molar refractivity (Wildman–Crippen MR) is 121 cm³/mol. The Hall–Kier alpha value is -4.09. The summed E-state index contributed by atoms with van der Waals surface area (Å²) in [5.74, 6) is -0.385. The minimum atomic E-state index is -0.479. The summed E-state index contributed by atoms with van der Waals surface area (Å²) in [7, 11) is 1.53. The minimum Gasteiger partial charge on any atom is -0.506 e. The molecule has 0 bridgehead atoms. The molecule has 0 spiro atoms. The molecular weight excluding hydrogens is 432 g/mol. The Bertz CT molecular complexity index is 1240. The van der Waals surface area contributed by atoms with Crippen molar-refractivity contribution in [1.29, 1.82) is 5.26 Å². The van der Waals surface area contributed by atoms with Crippen LogP contribution in [0.3, 0.4) is 0 Å². The molecule has 0 fully saturated rings. The lowest BCUT2D eigenvalue weighted by atomic mass is 10.0. The first-order valence-corrected chi connectivity index (χ1v) is 9.86. The van der Waals surface area contributed by atoms with Crippen LogP contribution in [0.5, 0.6) is 11.5 Å². The molecule has 0 saturated heterocycles. The fraction of sp³-hybridized carbons (Fsp3) is 0.130. The van der Waals surface area contributed by atoms with Crippen molar-refractivity contribution >= 4 is 40.4 Å². The van der Waals surface area contributed by atoms with Crippen LogP contribution in [0.4, 0.5) is 0 Å². The summed E-state index contributed by atoms with van der Waals surface area (Å²) in [5.41, 5.74) is 3.40. The Balaban J connectivity index is 1.75. The van der Waals surface area contributed by atoms with Gasteiger partial charge in [0.15, 0.2) is 6.61 Å². The van der Waals surface area contributed by atoms with Crippen molar-refractivity contribution in [3.05, 3.63) is 70.7 Å². The van der Waals surface area contributed by atoms with Crippen molar-refractivity contribution < 1.29 is 19.4 Å². The third-order valence-corrected chi connectivity index (χ3v) is 4.88. The molecule has 3 rings (SSSR count). The smallest absolute Gasteiger partial charge is 0.271 e. The first kappa shape index (κ1) is 22.6. The van der Waals surface area contributed by atoms with Crippen molar-refractivity contribution in [2.24, 2.45) is 5.10 Å². The fourth-order valence-corrected chi connectivity index (χ4v) is 3.03. The summed E-state index contributed by atoms with van der Waals surface area (Å²) in [6.07, 6.45) is 1.50. The van der Waals surface area contributed by atoms with Crippen molar-refractivity contribution in [2.45, 2.75) is 0 Å². The van der Waals surface area contributed by atoms with Gasteiger partial charge in [0.1, 0.15) is 18.0 Å². The van der Waals surface area contributed by atoms with Gasteiger partial charge in [0, 0.05) is 23.6 Å². The zero-order chi connectivity index (χ0) is 23.1. The summed E-state index contributed by atoms with van der Waals surface area (Å²) in [6, 6.07) is 16.9. The molecule has 8 nitrogen and oxygen atoms in total. The van der Waals surface area contributed by atoms with Crippen LogP contribution in [0.1, 0.15) is 15.9 Å². The number of aromatic hydroxyl groups is 1. The molecule has 3 aromatic carbocycles. The number of benzene rings is 3. The number of hydrogen-bond donors (Lipinski definition) is 2. The van der Waals surface area contributed by atoms with E-state index in [1.165, 1.54) is 36.4 Å². The number of fused-ring (bicyclic) bond motifs is 1. The number of rotatable bonds is 7. The van der Waals surface area contributed by atoms with Crippen LogP contribution in [0.15, 0.2) is 59.7 Å². The number of nitrogens with zero attached hydrogens (tertiary/aromatic N) is 3. The monoisotopic (exact) mass is 450 g/mol. The van der Waals surface area contributed by atoms with Crippen molar-refractivity contribution in [3.8, 4) is 17.6 Å². The average molecular weight is 451 g/mol. The number of halogens is 1. The number of ether oxygens (including phenoxy) is 1. The molecule has 0 aliphatic heterocycles. The molecular formula is C23H19ClN4O4. The van der Waals surface area contributed by atoms with Crippen LogP contribution < -0.4 is 10.2 Å². The van der Waals surface area contributed by atoms with E-state index in [4.69, 9.17) is 21.6 Å². The SMILES string of the molecule is CN(CC#N)C(=O)COc1ccc(/C=N/NC(=O)c2ccc(O)c(Cl)c2)c2ccccc12. The van der Waals surface area contributed by atoms with Gasteiger partial charge < -0.3 is 14.7 Å². The Morgan fingerprint density at radius 2 is 1.97 bits per heavy atom. The van der Waals surface area contributed by atoms with Gasteiger partial charge in [-0.1, -0.05) is 35.9 Å².